The number of benzene rings is 2. The van der Waals surface area contributed by atoms with Crippen molar-refractivity contribution in [2.75, 3.05) is 12.4 Å². The average Bonchev–Trinajstić information content (AvgIpc) is 3.06. The Kier molecular flexibility index (Phi) is 5.67. The zero-order chi connectivity index (χ0) is 20.2. The first-order chi connectivity index (χ1) is 14.2. The third-order valence-corrected chi connectivity index (χ3v) is 6.12. The number of nitrogens with zero attached hydrogens (tertiary/aromatic N) is 3. The first-order valence-electron chi connectivity index (χ1n) is 9.43. The van der Waals surface area contributed by atoms with Crippen molar-refractivity contribution in [3.8, 4) is 17.1 Å². The molecule has 7 heteroatoms. The van der Waals surface area contributed by atoms with Crippen molar-refractivity contribution < 1.29 is 9.53 Å². The van der Waals surface area contributed by atoms with Gasteiger partial charge >= 0.3 is 0 Å². The van der Waals surface area contributed by atoms with Crippen LogP contribution in [0.4, 0.5) is 5.69 Å². The molecule has 29 heavy (non-hydrogen) atoms. The summed E-state index contributed by atoms with van der Waals surface area (Å²) < 4.78 is 7.22. The number of hydrogen-bond acceptors (Lipinski definition) is 5. The first-order valence-corrected chi connectivity index (χ1v) is 10.3. The van der Waals surface area contributed by atoms with Gasteiger partial charge in [-0.1, -0.05) is 36.0 Å². The van der Waals surface area contributed by atoms with Gasteiger partial charge < -0.3 is 10.1 Å². The van der Waals surface area contributed by atoms with Crippen LogP contribution in [0.5, 0.6) is 5.75 Å². The Morgan fingerprint density at radius 2 is 2.03 bits per heavy atom. The van der Waals surface area contributed by atoms with Crippen LogP contribution in [-0.2, 0) is 17.8 Å². The van der Waals surface area contributed by atoms with E-state index in [0.29, 0.717) is 11.7 Å². The van der Waals surface area contributed by atoms with E-state index >= 15 is 0 Å². The lowest BCUT2D eigenvalue weighted by Gasteiger charge is -2.13. The Hall–Kier alpha value is -3.06. The van der Waals surface area contributed by atoms with E-state index in [2.05, 4.69) is 28.2 Å². The van der Waals surface area contributed by atoms with Gasteiger partial charge in [0.2, 0.25) is 5.91 Å². The summed E-state index contributed by atoms with van der Waals surface area (Å²) in [7, 11) is 1.64. The molecular formula is C22H22N4O2S. The number of amides is 1. The summed E-state index contributed by atoms with van der Waals surface area (Å²) in [6.07, 6.45) is 3.39. The number of hydrogen-bond donors (Lipinski definition) is 1. The molecule has 0 saturated carbocycles. The van der Waals surface area contributed by atoms with E-state index < -0.39 is 0 Å². The average molecular weight is 407 g/mol. The molecule has 1 aliphatic heterocycles. The summed E-state index contributed by atoms with van der Waals surface area (Å²) in [5.74, 6) is 1.53. The Balaban J connectivity index is 1.59. The van der Waals surface area contributed by atoms with Crippen LogP contribution in [0.1, 0.15) is 12.0 Å². The van der Waals surface area contributed by atoms with Gasteiger partial charge in [-0.05, 0) is 48.7 Å². The highest BCUT2D eigenvalue weighted by Gasteiger charge is 2.27. The second-order valence-corrected chi connectivity index (χ2v) is 7.90. The van der Waals surface area contributed by atoms with Crippen LogP contribution in [-0.4, -0.2) is 33.0 Å². The van der Waals surface area contributed by atoms with E-state index in [1.807, 2.05) is 53.1 Å². The summed E-state index contributed by atoms with van der Waals surface area (Å²) in [6, 6.07) is 15.6. The van der Waals surface area contributed by atoms with Gasteiger partial charge in [0, 0.05) is 17.8 Å². The van der Waals surface area contributed by atoms with E-state index in [9.17, 15) is 4.79 Å². The van der Waals surface area contributed by atoms with Gasteiger partial charge in [-0.15, -0.1) is 16.8 Å². The molecule has 1 amide bonds. The zero-order valence-corrected chi connectivity index (χ0v) is 17.0. The highest BCUT2D eigenvalue weighted by Crippen LogP contribution is 2.33. The molecule has 4 rings (SSSR count). The number of allylic oxidation sites excluding steroid dienone is 1. The van der Waals surface area contributed by atoms with Crippen molar-refractivity contribution in [3.05, 3.63) is 66.7 Å². The Labute approximate surface area is 174 Å². The molecular weight excluding hydrogens is 384 g/mol. The molecule has 0 unspecified atom stereocenters. The van der Waals surface area contributed by atoms with Crippen molar-refractivity contribution in [1.82, 2.24) is 14.8 Å². The molecule has 3 aromatic rings. The number of aromatic nitrogens is 3. The third kappa shape index (κ3) is 4.05. The number of methoxy groups -OCH3 is 1. The molecule has 148 valence electrons. The fourth-order valence-corrected chi connectivity index (χ4v) is 4.39. The Bertz CT molecular complexity index is 1030. The Morgan fingerprint density at radius 1 is 1.24 bits per heavy atom. The number of aryl methyl sites for hydroxylation is 1. The summed E-state index contributed by atoms with van der Waals surface area (Å²) in [5, 5.41) is 12.3. The molecule has 0 spiro atoms. The maximum absolute atomic E-state index is 12.8. The molecule has 2 aromatic carbocycles. The minimum atomic E-state index is -0.237. The molecule has 1 atom stereocenters. The van der Waals surface area contributed by atoms with Gasteiger partial charge in [0.15, 0.2) is 11.0 Å². The van der Waals surface area contributed by atoms with Crippen LogP contribution in [0.2, 0.25) is 0 Å². The first kappa shape index (κ1) is 19.3. The van der Waals surface area contributed by atoms with Crippen LogP contribution in [0.15, 0.2) is 66.3 Å². The molecule has 0 saturated heterocycles. The van der Waals surface area contributed by atoms with Crippen molar-refractivity contribution in [2.45, 2.75) is 29.8 Å². The zero-order valence-electron chi connectivity index (χ0n) is 16.2. The summed E-state index contributed by atoms with van der Waals surface area (Å²) in [6.45, 7) is 4.42. The monoisotopic (exact) mass is 406 g/mol. The van der Waals surface area contributed by atoms with Crippen LogP contribution >= 0.6 is 11.8 Å². The predicted octanol–water partition coefficient (Wildman–Crippen LogP) is 4.19. The van der Waals surface area contributed by atoms with Crippen LogP contribution in [0.25, 0.3) is 11.4 Å². The molecule has 2 heterocycles. The molecule has 0 radical (unpaired) electrons. The molecule has 1 aliphatic rings. The number of ether oxygens (including phenoxy) is 1. The molecule has 1 N–H and O–H groups in total. The van der Waals surface area contributed by atoms with Crippen molar-refractivity contribution in [3.63, 3.8) is 0 Å². The number of fused-ring (bicyclic) bond motifs is 1. The van der Waals surface area contributed by atoms with Crippen molar-refractivity contribution in [2.24, 2.45) is 0 Å². The fourth-order valence-electron chi connectivity index (χ4n) is 3.35. The number of para-hydroxylation sites is 1. The topological polar surface area (TPSA) is 69.0 Å². The summed E-state index contributed by atoms with van der Waals surface area (Å²) >= 11 is 1.45. The molecule has 0 fully saturated rings. The second-order valence-electron chi connectivity index (χ2n) is 6.73. The van der Waals surface area contributed by atoms with E-state index in [1.54, 1.807) is 7.11 Å². The lowest BCUT2D eigenvalue weighted by molar-refractivity contribution is -0.115. The maximum atomic E-state index is 12.8. The molecule has 0 aliphatic carbocycles. The highest BCUT2D eigenvalue weighted by atomic mass is 32.2. The quantitative estimate of drug-likeness (QED) is 0.622. The van der Waals surface area contributed by atoms with Crippen LogP contribution < -0.4 is 10.1 Å². The van der Waals surface area contributed by atoms with E-state index in [0.717, 1.165) is 41.2 Å². The largest absolute Gasteiger partial charge is 0.497 e. The molecule has 1 aromatic heterocycles. The molecule has 0 bridgehead atoms. The fraction of sp³-hybridized carbons (Fsp3) is 0.227. The van der Waals surface area contributed by atoms with Gasteiger partial charge in [-0.2, -0.15) is 0 Å². The van der Waals surface area contributed by atoms with E-state index in [4.69, 9.17) is 4.74 Å². The second kappa shape index (κ2) is 8.53. The van der Waals surface area contributed by atoms with Crippen molar-refractivity contribution >= 4 is 23.4 Å². The summed E-state index contributed by atoms with van der Waals surface area (Å²) in [4.78, 5) is 12.8. The number of anilines is 1. The lowest BCUT2D eigenvalue weighted by atomic mass is 10.1. The minimum Gasteiger partial charge on any atom is -0.497 e. The standard InChI is InChI=1S/C22H22N4O2S/c1-3-14-26-20(16-8-11-17(28-2)12-9-16)24-25-22(26)29-19-13-10-15-6-4-5-7-18(15)23-21(19)27/h3-9,11-12,19H,1,10,13-14H2,2H3,(H,23,27)/t19-/m0/s1. The normalized spacial score (nSPS) is 15.9. The van der Waals surface area contributed by atoms with Gasteiger partial charge in [0.25, 0.3) is 0 Å². The number of carbonyl (C=O) groups is 1. The van der Waals surface area contributed by atoms with E-state index in [1.165, 1.54) is 11.8 Å². The summed E-state index contributed by atoms with van der Waals surface area (Å²) in [5.41, 5.74) is 2.99. The van der Waals surface area contributed by atoms with Gasteiger partial charge in [-0.3, -0.25) is 9.36 Å². The Morgan fingerprint density at radius 3 is 2.79 bits per heavy atom. The number of rotatable bonds is 6. The predicted molar refractivity (Wildman–Crippen MR) is 115 cm³/mol. The third-order valence-electron chi connectivity index (χ3n) is 4.87. The minimum absolute atomic E-state index is 0.000833. The van der Waals surface area contributed by atoms with Gasteiger partial charge in [-0.25, -0.2) is 0 Å². The molecule has 6 nitrogen and oxygen atoms in total. The highest BCUT2D eigenvalue weighted by molar-refractivity contribution is 8.00. The van der Waals surface area contributed by atoms with Gasteiger partial charge in [0.1, 0.15) is 5.75 Å². The van der Waals surface area contributed by atoms with Crippen LogP contribution in [0, 0.1) is 0 Å². The lowest BCUT2D eigenvalue weighted by Crippen LogP contribution is -2.24. The van der Waals surface area contributed by atoms with Crippen molar-refractivity contribution in [1.29, 1.82) is 0 Å². The van der Waals surface area contributed by atoms with Gasteiger partial charge in [0.05, 0.1) is 12.4 Å². The SMILES string of the molecule is C=CCn1c(S[C@H]2CCc3ccccc3NC2=O)nnc1-c1ccc(OC)cc1. The number of thioether (sulfide) groups is 1. The number of carbonyl (C=O) groups excluding carboxylic acids is 1. The maximum Gasteiger partial charge on any atom is 0.237 e. The van der Waals surface area contributed by atoms with E-state index in [-0.39, 0.29) is 11.2 Å². The van der Waals surface area contributed by atoms with Crippen LogP contribution in [0.3, 0.4) is 0 Å². The smallest absolute Gasteiger partial charge is 0.237 e. The number of nitrogens with one attached hydrogen (secondary N) is 1.